The predicted molar refractivity (Wildman–Crippen MR) is 142 cm³/mol. The van der Waals surface area contributed by atoms with Gasteiger partial charge in [-0.2, -0.15) is 0 Å². The Bertz CT molecular complexity index is 1390. The van der Waals surface area contributed by atoms with Crippen molar-refractivity contribution in [3.05, 3.63) is 107 Å². The largest absolute Gasteiger partial charge is 0.366 e. The lowest BCUT2D eigenvalue weighted by Gasteiger charge is -2.35. The molecule has 1 aliphatic heterocycles. The fraction of sp³-hybridized carbons (Fsp3) is 0.115. The monoisotopic (exact) mass is 503 g/mol. The molecule has 0 saturated carbocycles. The summed E-state index contributed by atoms with van der Waals surface area (Å²) < 4.78 is 0. The summed E-state index contributed by atoms with van der Waals surface area (Å²) in [6.07, 6.45) is 1.43. The van der Waals surface area contributed by atoms with Gasteiger partial charge in [0, 0.05) is 22.0 Å². The average Bonchev–Trinajstić information content (AvgIpc) is 3.46. The number of aryl methyl sites for hydroxylation is 1. The van der Waals surface area contributed by atoms with Gasteiger partial charge < -0.3 is 15.4 Å². The molecule has 7 nitrogen and oxygen atoms in total. The van der Waals surface area contributed by atoms with Crippen LogP contribution in [0.4, 0.5) is 17.2 Å². The van der Waals surface area contributed by atoms with Gasteiger partial charge in [0.1, 0.15) is 0 Å². The van der Waals surface area contributed by atoms with Gasteiger partial charge in [0.25, 0.3) is 5.91 Å². The summed E-state index contributed by atoms with van der Waals surface area (Å²) in [5.41, 5.74) is 1.86. The van der Waals surface area contributed by atoms with Crippen molar-refractivity contribution in [1.82, 2.24) is 9.97 Å². The number of amidine groups is 1. The summed E-state index contributed by atoms with van der Waals surface area (Å²) in [5, 5.41) is 15.7. The molecule has 3 N–H and O–H groups in total. The second-order valence-corrected chi connectivity index (χ2v) is 9.42. The molecule has 35 heavy (non-hydrogen) atoms. The van der Waals surface area contributed by atoms with E-state index in [0.29, 0.717) is 27.2 Å². The van der Waals surface area contributed by atoms with Gasteiger partial charge in [0.15, 0.2) is 22.4 Å². The van der Waals surface area contributed by atoms with E-state index in [-0.39, 0.29) is 17.4 Å². The minimum atomic E-state index is -1.44. The Hall–Kier alpha value is -3.59. The van der Waals surface area contributed by atoms with E-state index in [4.69, 9.17) is 16.6 Å². The highest BCUT2D eigenvalue weighted by Crippen LogP contribution is 2.45. The highest BCUT2D eigenvalue weighted by molar-refractivity contribution is 8.14. The highest BCUT2D eigenvalue weighted by Gasteiger charge is 2.47. The molecule has 1 fully saturated rings. The van der Waals surface area contributed by atoms with Gasteiger partial charge in [-0.25, -0.2) is 9.98 Å². The predicted octanol–water partition coefficient (Wildman–Crippen LogP) is 5.71. The molecular formula is C26H22ClN5O2S. The van der Waals surface area contributed by atoms with Gasteiger partial charge in [-0.05, 0) is 37.3 Å². The fourth-order valence-electron chi connectivity index (χ4n) is 3.88. The smallest absolute Gasteiger partial charge is 0.276 e. The number of aliphatic hydroxyl groups is 1. The molecule has 1 aliphatic rings. The number of anilines is 2. The first kappa shape index (κ1) is 23.2. The Kier molecular flexibility index (Phi) is 6.34. The van der Waals surface area contributed by atoms with E-state index in [0.717, 1.165) is 11.3 Å². The summed E-state index contributed by atoms with van der Waals surface area (Å²) in [6.45, 7) is 1.98. The van der Waals surface area contributed by atoms with E-state index in [2.05, 4.69) is 15.3 Å². The van der Waals surface area contributed by atoms with Crippen LogP contribution in [0.5, 0.6) is 0 Å². The summed E-state index contributed by atoms with van der Waals surface area (Å²) in [6, 6.07) is 24.2. The standard InChI is InChI=1S/C26H22ClN5O2S/c1-17-11-13-18(14-12-17)30-24(33)22-23(29-16-28-22)31-25-32(19-7-3-2-4-8-19)26(34,15-35-25)20-9-5-6-10-21(20)27/h2-14,16,34H,15H2,1H3,(H,28,29)(H,30,33)/b31-25-. The lowest BCUT2D eigenvalue weighted by Crippen LogP contribution is -2.45. The van der Waals surface area contributed by atoms with Crippen LogP contribution in [0.1, 0.15) is 21.6 Å². The van der Waals surface area contributed by atoms with E-state index in [1.54, 1.807) is 17.0 Å². The summed E-state index contributed by atoms with van der Waals surface area (Å²) in [7, 11) is 0. The van der Waals surface area contributed by atoms with Crippen LogP contribution in [0, 0.1) is 6.92 Å². The van der Waals surface area contributed by atoms with Crippen molar-refractivity contribution >= 4 is 51.6 Å². The quantitative estimate of drug-likeness (QED) is 0.324. The first-order valence-corrected chi connectivity index (χ1v) is 12.3. The van der Waals surface area contributed by atoms with E-state index in [1.807, 2.05) is 73.7 Å². The molecular weight excluding hydrogens is 482 g/mol. The molecule has 2 heterocycles. The Balaban J connectivity index is 1.52. The lowest BCUT2D eigenvalue weighted by molar-refractivity contribution is 0.0769. The van der Waals surface area contributed by atoms with Crippen molar-refractivity contribution in [2.24, 2.45) is 4.99 Å². The molecule has 1 saturated heterocycles. The number of carbonyl (C=O) groups excluding carboxylic acids is 1. The number of hydrogen-bond acceptors (Lipinski definition) is 5. The van der Waals surface area contributed by atoms with E-state index in [1.165, 1.54) is 18.1 Å². The number of aromatic nitrogens is 2. The van der Waals surface area contributed by atoms with Gasteiger partial charge in [0.2, 0.25) is 0 Å². The number of aliphatic imine (C=N–C) groups is 1. The van der Waals surface area contributed by atoms with E-state index >= 15 is 0 Å². The van der Waals surface area contributed by atoms with Crippen LogP contribution in [0.15, 0.2) is 90.2 Å². The zero-order valence-electron chi connectivity index (χ0n) is 18.8. The number of benzene rings is 3. The summed E-state index contributed by atoms with van der Waals surface area (Å²) in [4.78, 5) is 26.6. The number of rotatable bonds is 5. The van der Waals surface area contributed by atoms with Crippen LogP contribution in [0.25, 0.3) is 0 Å². The van der Waals surface area contributed by atoms with Crippen LogP contribution in [-0.2, 0) is 5.72 Å². The number of aromatic amines is 1. The number of amides is 1. The number of nitrogens with one attached hydrogen (secondary N) is 2. The topological polar surface area (TPSA) is 93.6 Å². The van der Waals surface area contributed by atoms with Crippen molar-refractivity contribution in [2.45, 2.75) is 12.6 Å². The highest BCUT2D eigenvalue weighted by atomic mass is 35.5. The zero-order chi connectivity index (χ0) is 24.4. The second kappa shape index (κ2) is 9.58. The van der Waals surface area contributed by atoms with Crippen molar-refractivity contribution in [3.8, 4) is 0 Å². The Morgan fingerprint density at radius 2 is 1.83 bits per heavy atom. The molecule has 1 amide bonds. The molecule has 0 spiro atoms. The molecule has 3 aromatic carbocycles. The molecule has 4 aromatic rings. The number of para-hydroxylation sites is 1. The molecule has 9 heteroatoms. The van der Waals surface area contributed by atoms with Crippen LogP contribution in [0.3, 0.4) is 0 Å². The lowest BCUT2D eigenvalue weighted by atomic mass is 10.0. The van der Waals surface area contributed by atoms with Crippen LogP contribution in [0.2, 0.25) is 5.02 Å². The first-order valence-electron chi connectivity index (χ1n) is 10.9. The minimum Gasteiger partial charge on any atom is -0.366 e. The zero-order valence-corrected chi connectivity index (χ0v) is 20.3. The van der Waals surface area contributed by atoms with Crippen molar-refractivity contribution in [1.29, 1.82) is 0 Å². The van der Waals surface area contributed by atoms with Crippen LogP contribution in [-0.4, -0.2) is 31.9 Å². The number of imidazole rings is 1. The van der Waals surface area contributed by atoms with Crippen molar-refractivity contribution in [3.63, 3.8) is 0 Å². The Morgan fingerprint density at radius 1 is 1.11 bits per heavy atom. The second-order valence-electron chi connectivity index (χ2n) is 8.07. The molecule has 5 rings (SSSR count). The number of thioether (sulfide) groups is 1. The van der Waals surface area contributed by atoms with E-state index < -0.39 is 5.72 Å². The summed E-state index contributed by atoms with van der Waals surface area (Å²) >= 11 is 7.85. The maximum Gasteiger partial charge on any atom is 0.276 e. The van der Waals surface area contributed by atoms with Gasteiger partial charge in [-0.3, -0.25) is 9.69 Å². The number of hydrogen-bond donors (Lipinski definition) is 3. The van der Waals surface area contributed by atoms with Gasteiger partial charge in [-0.15, -0.1) is 0 Å². The normalized spacial score (nSPS) is 18.7. The first-order chi connectivity index (χ1) is 17.0. The molecule has 1 atom stereocenters. The van der Waals surface area contributed by atoms with Gasteiger partial charge in [0.05, 0.1) is 12.1 Å². The molecule has 1 aromatic heterocycles. The third-order valence-electron chi connectivity index (χ3n) is 5.64. The summed E-state index contributed by atoms with van der Waals surface area (Å²) in [5.74, 6) is 0.155. The fourth-order valence-corrected chi connectivity index (χ4v) is 5.32. The van der Waals surface area contributed by atoms with Gasteiger partial charge in [-0.1, -0.05) is 77.5 Å². The van der Waals surface area contributed by atoms with E-state index in [9.17, 15) is 9.90 Å². The molecule has 0 bridgehead atoms. The van der Waals surface area contributed by atoms with Crippen LogP contribution < -0.4 is 10.2 Å². The van der Waals surface area contributed by atoms with Gasteiger partial charge >= 0.3 is 0 Å². The molecule has 176 valence electrons. The number of H-pyrrole nitrogens is 1. The molecule has 0 aliphatic carbocycles. The maximum absolute atomic E-state index is 13.0. The number of halogens is 1. The molecule has 1 unspecified atom stereocenters. The minimum absolute atomic E-state index is 0.222. The van der Waals surface area contributed by atoms with Crippen LogP contribution >= 0.6 is 23.4 Å². The number of nitrogens with zero attached hydrogens (tertiary/aromatic N) is 3. The Labute approximate surface area is 211 Å². The Morgan fingerprint density at radius 3 is 2.57 bits per heavy atom. The van der Waals surface area contributed by atoms with Crippen molar-refractivity contribution in [2.75, 3.05) is 16.0 Å². The number of carbonyl (C=O) groups is 1. The SMILES string of the molecule is Cc1ccc(NC(=O)c2[nH]cnc2/N=C2\SCC(O)(c3ccccc3Cl)N2c2ccccc2)cc1. The average molecular weight is 504 g/mol. The third-order valence-corrected chi connectivity index (χ3v) is 7.05. The molecule has 0 radical (unpaired) electrons. The van der Waals surface area contributed by atoms with Crippen molar-refractivity contribution < 1.29 is 9.90 Å². The maximum atomic E-state index is 13.0. The third kappa shape index (κ3) is 4.55.